The Morgan fingerprint density at radius 2 is 1.83 bits per heavy atom. The lowest BCUT2D eigenvalue weighted by atomic mass is 10.2. The second-order valence-electron chi connectivity index (χ2n) is 7.92. The van der Waals surface area contributed by atoms with Crippen LogP contribution in [0.25, 0.3) is 22.4 Å². The molecular weight excluding hydrogens is 374 g/mol. The van der Waals surface area contributed by atoms with E-state index in [0.29, 0.717) is 6.54 Å². The smallest absolute Gasteiger partial charge is 0.156 e. The number of aromatic nitrogens is 2. The summed E-state index contributed by atoms with van der Waals surface area (Å²) in [5.74, 6) is 0.771. The summed E-state index contributed by atoms with van der Waals surface area (Å²) < 4.78 is 8.08. The predicted octanol–water partition coefficient (Wildman–Crippen LogP) is 2.51. The van der Waals surface area contributed by atoms with Crippen LogP contribution in [0.2, 0.25) is 0 Å². The molecule has 1 aliphatic rings. The normalized spacial score (nSPS) is 15.4. The van der Waals surface area contributed by atoms with Crippen molar-refractivity contribution < 1.29 is 9.32 Å². The van der Waals surface area contributed by atoms with Crippen molar-refractivity contribution in [2.24, 2.45) is 5.10 Å². The molecule has 0 spiro atoms. The summed E-state index contributed by atoms with van der Waals surface area (Å²) in [6.45, 7) is 4.88. The summed E-state index contributed by atoms with van der Waals surface area (Å²) >= 11 is 0. The Labute approximate surface area is 176 Å². The number of quaternary nitrogens is 1. The highest BCUT2D eigenvalue weighted by molar-refractivity contribution is 5.90. The van der Waals surface area contributed by atoms with Crippen molar-refractivity contribution in [3.05, 3.63) is 78.0 Å². The van der Waals surface area contributed by atoms with Gasteiger partial charge in [0.25, 0.3) is 0 Å². The molecule has 3 heterocycles. The minimum absolute atomic E-state index is 0.708. The van der Waals surface area contributed by atoms with Gasteiger partial charge in [-0.15, -0.1) is 0 Å². The van der Waals surface area contributed by atoms with Crippen LogP contribution in [0, 0.1) is 0 Å². The fraction of sp³-hybridized carbons (Fsp3) is 0.250. The average molecular weight is 401 g/mol. The number of likely N-dealkylation sites (N-methyl/N-ethyl adjacent to an activating group) is 1. The highest BCUT2D eigenvalue weighted by Crippen LogP contribution is 2.28. The lowest BCUT2D eigenvalue weighted by molar-refractivity contribution is -0.884. The van der Waals surface area contributed by atoms with Crippen molar-refractivity contribution in [1.29, 1.82) is 0 Å². The van der Waals surface area contributed by atoms with Gasteiger partial charge in [-0.25, -0.2) is 0 Å². The minimum atomic E-state index is 0.708. The number of benzene rings is 2. The Morgan fingerprint density at radius 1 is 1.07 bits per heavy atom. The quantitative estimate of drug-likeness (QED) is 0.524. The maximum Gasteiger partial charge on any atom is 0.156 e. The van der Waals surface area contributed by atoms with Gasteiger partial charge in [0.05, 0.1) is 46.0 Å². The topological polar surface area (TPSA) is 51.0 Å². The van der Waals surface area contributed by atoms with Gasteiger partial charge in [-0.2, -0.15) is 10.2 Å². The molecule has 30 heavy (non-hydrogen) atoms. The molecule has 0 aliphatic carbocycles. The van der Waals surface area contributed by atoms with Crippen LogP contribution in [0.4, 0.5) is 0 Å². The maximum atomic E-state index is 6.11. The van der Waals surface area contributed by atoms with Crippen LogP contribution in [0.15, 0.2) is 76.4 Å². The monoisotopic (exact) mass is 400 g/mol. The molecule has 0 saturated carbocycles. The Hall–Kier alpha value is -3.38. The van der Waals surface area contributed by atoms with Gasteiger partial charge in [-0.3, -0.25) is 9.69 Å². The van der Waals surface area contributed by atoms with E-state index < -0.39 is 0 Å². The zero-order valence-corrected chi connectivity index (χ0v) is 17.2. The molecule has 6 nitrogen and oxygen atoms in total. The van der Waals surface area contributed by atoms with E-state index in [4.69, 9.17) is 14.6 Å². The largest absolute Gasteiger partial charge is 0.454 e. The van der Waals surface area contributed by atoms with Crippen LogP contribution < -0.4 is 4.90 Å². The number of rotatable bonds is 5. The second kappa shape index (κ2) is 8.16. The van der Waals surface area contributed by atoms with Crippen LogP contribution >= 0.6 is 0 Å². The molecule has 0 radical (unpaired) electrons. The molecule has 1 saturated heterocycles. The van der Waals surface area contributed by atoms with E-state index in [1.54, 1.807) is 4.90 Å². The van der Waals surface area contributed by atoms with Gasteiger partial charge in [-0.1, -0.05) is 48.5 Å². The standard InChI is InChI=1S/C24H25N5O/c1-27-11-13-28(14-12-27)25-16-21-18-29(17-19-7-3-2-4-8-19)26-24(21)23-15-20-9-5-6-10-22(20)30-23/h2-10,15-16,18H,11-14,17H2,1H3/p+1/b25-16-. The van der Waals surface area contributed by atoms with Crippen molar-refractivity contribution >= 4 is 17.2 Å². The first-order valence-electron chi connectivity index (χ1n) is 10.5. The molecule has 0 amide bonds. The van der Waals surface area contributed by atoms with Crippen LogP contribution in [-0.4, -0.2) is 54.2 Å². The van der Waals surface area contributed by atoms with Gasteiger partial charge in [0.15, 0.2) is 5.76 Å². The number of hydrogen-bond acceptors (Lipinski definition) is 4. The van der Waals surface area contributed by atoms with Crippen LogP contribution in [0.5, 0.6) is 0 Å². The van der Waals surface area contributed by atoms with E-state index in [1.165, 1.54) is 5.56 Å². The molecule has 6 heteroatoms. The van der Waals surface area contributed by atoms with E-state index in [9.17, 15) is 0 Å². The molecule has 1 aliphatic heterocycles. The first kappa shape index (κ1) is 18.6. The number of nitrogens with zero attached hydrogens (tertiary/aromatic N) is 4. The van der Waals surface area contributed by atoms with Crippen molar-refractivity contribution in [2.75, 3.05) is 33.2 Å². The lowest BCUT2D eigenvalue weighted by Gasteiger charge is -2.27. The third kappa shape index (κ3) is 4.00. The van der Waals surface area contributed by atoms with E-state index in [1.807, 2.05) is 35.2 Å². The summed E-state index contributed by atoms with van der Waals surface area (Å²) in [5, 5.41) is 12.8. The van der Waals surface area contributed by atoms with Gasteiger partial charge in [0.2, 0.25) is 0 Å². The number of hydrazone groups is 1. The van der Waals surface area contributed by atoms with Gasteiger partial charge in [0, 0.05) is 17.1 Å². The Morgan fingerprint density at radius 3 is 2.63 bits per heavy atom. The van der Waals surface area contributed by atoms with E-state index in [-0.39, 0.29) is 0 Å². The highest BCUT2D eigenvalue weighted by atomic mass is 16.3. The Kier molecular flexibility index (Phi) is 5.07. The minimum Gasteiger partial charge on any atom is -0.454 e. The summed E-state index contributed by atoms with van der Waals surface area (Å²) in [6.07, 6.45) is 3.98. The molecule has 5 rings (SSSR count). The highest BCUT2D eigenvalue weighted by Gasteiger charge is 2.17. The third-order valence-corrected chi connectivity index (χ3v) is 5.59. The fourth-order valence-electron chi connectivity index (χ4n) is 3.81. The Bertz CT molecular complexity index is 1120. The Balaban J connectivity index is 1.48. The number of furan rings is 1. The van der Waals surface area contributed by atoms with Gasteiger partial charge < -0.3 is 9.32 Å². The van der Waals surface area contributed by atoms with Gasteiger partial charge >= 0.3 is 0 Å². The third-order valence-electron chi connectivity index (χ3n) is 5.59. The predicted molar refractivity (Wildman–Crippen MR) is 119 cm³/mol. The molecule has 2 aromatic heterocycles. The maximum absolute atomic E-state index is 6.11. The second-order valence-corrected chi connectivity index (χ2v) is 7.92. The number of para-hydroxylation sites is 1. The zero-order chi connectivity index (χ0) is 20.3. The van der Waals surface area contributed by atoms with Gasteiger partial charge in [-0.05, 0) is 17.7 Å². The average Bonchev–Trinajstić information content (AvgIpc) is 3.38. The molecule has 152 valence electrons. The molecule has 2 aromatic carbocycles. The first-order chi connectivity index (χ1) is 14.7. The molecule has 4 aromatic rings. The molecule has 1 fully saturated rings. The number of piperazine rings is 1. The number of hydrogen-bond donors (Lipinski definition) is 1. The molecule has 1 N–H and O–H groups in total. The fourth-order valence-corrected chi connectivity index (χ4v) is 3.81. The zero-order valence-electron chi connectivity index (χ0n) is 17.2. The molecule has 0 bridgehead atoms. The molecular formula is C24H26N5O+. The van der Waals surface area contributed by atoms with E-state index >= 15 is 0 Å². The number of fused-ring (bicyclic) bond motifs is 1. The summed E-state index contributed by atoms with van der Waals surface area (Å²) in [7, 11) is 2.23. The van der Waals surface area contributed by atoms with Crippen LogP contribution in [0.1, 0.15) is 11.1 Å². The van der Waals surface area contributed by atoms with Crippen LogP contribution in [0.3, 0.4) is 0 Å². The van der Waals surface area contributed by atoms with Crippen molar-refractivity contribution in [3.63, 3.8) is 0 Å². The summed E-state index contributed by atoms with van der Waals surface area (Å²) in [6, 6.07) is 20.5. The van der Waals surface area contributed by atoms with E-state index in [0.717, 1.165) is 54.2 Å². The van der Waals surface area contributed by atoms with Gasteiger partial charge in [0.1, 0.15) is 11.3 Å². The van der Waals surface area contributed by atoms with Crippen molar-refractivity contribution in [2.45, 2.75) is 6.54 Å². The number of nitrogens with one attached hydrogen (secondary N) is 1. The van der Waals surface area contributed by atoms with E-state index in [2.05, 4.69) is 54.7 Å². The first-order valence-corrected chi connectivity index (χ1v) is 10.5. The van der Waals surface area contributed by atoms with Crippen LogP contribution in [-0.2, 0) is 6.54 Å². The van der Waals surface area contributed by atoms with Crippen molar-refractivity contribution in [1.82, 2.24) is 14.8 Å². The van der Waals surface area contributed by atoms with Crippen molar-refractivity contribution in [3.8, 4) is 11.5 Å². The SMILES string of the molecule is C[NH+]1CCN(/N=C\c2cn(Cc3ccccc3)nc2-c2cc3ccccc3o2)CC1. The summed E-state index contributed by atoms with van der Waals surface area (Å²) in [4.78, 5) is 1.56. The molecule has 0 unspecified atom stereocenters. The lowest BCUT2D eigenvalue weighted by Crippen LogP contribution is -3.11. The summed E-state index contributed by atoms with van der Waals surface area (Å²) in [5.41, 5.74) is 3.87. The molecule has 0 atom stereocenters.